The summed E-state index contributed by atoms with van der Waals surface area (Å²) in [6, 6.07) is -0.432. The molecular weight excluding hydrogens is 328 g/mol. The number of carbonyl (C=O) groups excluding carboxylic acids is 2. The lowest BCUT2D eigenvalue weighted by Crippen LogP contribution is -2.41. The van der Waals surface area contributed by atoms with Crippen molar-refractivity contribution in [2.75, 3.05) is 19.0 Å². The van der Waals surface area contributed by atoms with Crippen LogP contribution < -0.4 is 10.6 Å². The Morgan fingerprint density at radius 1 is 1.33 bits per heavy atom. The number of anilines is 1. The third-order valence-corrected chi connectivity index (χ3v) is 4.86. The van der Waals surface area contributed by atoms with E-state index < -0.39 is 6.04 Å². The van der Waals surface area contributed by atoms with E-state index in [4.69, 9.17) is 4.74 Å². The molecule has 0 saturated heterocycles. The molecule has 1 unspecified atom stereocenters. The zero-order valence-corrected chi connectivity index (χ0v) is 15.3. The Kier molecular flexibility index (Phi) is 5.71. The van der Waals surface area contributed by atoms with Crippen molar-refractivity contribution >= 4 is 39.2 Å². The predicted molar refractivity (Wildman–Crippen MR) is 94.4 cm³/mol. The Morgan fingerprint density at radius 2 is 2.04 bits per heavy atom. The predicted octanol–water partition coefficient (Wildman–Crippen LogP) is 2.36. The summed E-state index contributed by atoms with van der Waals surface area (Å²) in [6.07, 6.45) is 1.43. The van der Waals surface area contributed by atoms with Gasteiger partial charge in [-0.1, -0.05) is 13.8 Å². The van der Waals surface area contributed by atoms with E-state index in [9.17, 15) is 9.59 Å². The molecule has 0 saturated carbocycles. The lowest BCUT2D eigenvalue weighted by atomic mass is 10.0. The Hall–Kier alpha value is -2.22. The smallest absolute Gasteiger partial charge is 0.348 e. The topological polar surface area (TPSA) is 93.2 Å². The second kappa shape index (κ2) is 7.57. The van der Waals surface area contributed by atoms with Crippen molar-refractivity contribution in [1.29, 1.82) is 0 Å². The minimum absolute atomic E-state index is 0.0680. The minimum Gasteiger partial charge on any atom is -0.462 e. The number of rotatable bonds is 6. The van der Waals surface area contributed by atoms with Crippen LogP contribution in [0.2, 0.25) is 0 Å². The van der Waals surface area contributed by atoms with Crippen molar-refractivity contribution in [3.63, 3.8) is 0 Å². The quantitative estimate of drug-likeness (QED) is 0.777. The van der Waals surface area contributed by atoms with Gasteiger partial charge < -0.3 is 15.4 Å². The van der Waals surface area contributed by atoms with E-state index in [0.717, 1.165) is 10.9 Å². The molecule has 2 N–H and O–H groups in total. The molecule has 2 aromatic rings. The molecule has 130 valence electrons. The Morgan fingerprint density at radius 3 is 2.62 bits per heavy atom. The summed E-state index contributed by atoms with van der Waals surface area (Å²) >= 11 is 1.27. The number of aromatic nitrogens is 2. The molecule has 0 aliphatic heterocycles. The second-order valence-corrected chi connectivity index (χ2v) is 6.66. The number of ether oxygens (including phenoxy) is 1. The fraction of sp³-hybridized carbons (Fsp3) is 0.500. The number of hydrogen-bond acceptors (Lipinski definition) is 7. The molecule has 0 bridgehead atoms. The molecule has 0 aliphatic carbocycles. The summed E-state index contributed by atoms with van der Waals surface area (Å²) in [7, 11) is 1.60. The fourth-order valence-corrected chi connectivity index (χ4v) is 3.45. The van der Waals surface area contributed by atoms with Crippen molar-refractivity contribution in [3.8, 4) is 0 Å². The highest BCUT2D eigenvalue weighted by atomic mass is 32.1. The first-order valence-electron chi connectivity index (χ1n) is 7.80. The number of aryl methyl sites for hydroxylation is 1. The van der Waals surface area contributed by atoms with E-state index in [1.54, 1.807) is 14.0 Å². The zero-order valence-electron chi connectivity index (χ0n) is 14.5. The van der Waals surface area contributed by atoms with E-state index in [1.165, 1.54) is 17.7 Å². The zero-order chi connectivity index (χ0) is 17.9. The van der Waals surface area contributed by atoms with E-state index >= 15 is 0 Å². The number of fused-ring (bicyclic) bond motifs is 1. The Labute approximate surface area is 144 Å². The van der Waals surface area contributed by atoms with Gasteiger partial charge in [0.2, 0.25) is 5.91 Å². The van der Waals surface area contributed by atoms with Crippen LogP contribution in [0, 0.1) is 12.8 Å². The average Bonchev–Trinajstić information content (AvgIpc) is 2.89. The summed E-state index contributed by atoms with van der Waals surface area (Å²) in [6.45, 7) is 7.83. The van der Waals surface area contributed by atoms with Crippen LogP contribution in [-0.2, 0) is 9.53 Å². The van der Waals surface area contributed by atoms with Gasteiger partial charge in [0.1, 0.15) is 27.9 Å². The molecule has 0 aromatic carbocycles. The monoisotopic (exact) mass is 350 g/mol. The van der Waals surface area contributed by atoms with Gasteiger partial charge >= 0.3 is 5.97 Å². The number of nitrogens with one attached hydrogen (secondary N) is 2. The van der Waals surface area contributed by atoms with E-state index in [2.05, 4.69) is 20.6 Å². The fourth-order valence-electron chi connectivity index (χ4n) is 2.41. The molecule has 2 aromatic heterocycles. The van der Waals surface area contributed by atoms with Gasteiger partial charge in [-0.05, 0) is 25.3 Å². The number of amides is 1. The molecule has 24 heavy (non-hydrogen) atoms. The number of hydrogen-bond donors (Lipinski definition) is 2. The minimum atomic E-state index is -0.432. The van der Waals surface area contributed by atoms with Crippen molar-refractivity contribution in [2.45, 2.75) is 33.7 Å². The van der Waals surface area contributed by atoms with E-state index in [0.29, 0.717) is 22.1 Å². The van der Waals surface area contributed by atoms with E-state index in [-0.39, 0.29) is 17.8 Å². The largest absolute Gasteiger partial charge is 0.462 e. The summed E-state index contributed by atoms with van der Waals surface area (Å²) in [4.78, 5) is 33.9. The van der Waals surface area contributed by atoms with Crippen LogP contribution in [0.3, 0.4) is 0 Å². The van der Waals surface area contributed by atoms with Gasteiger partial charge in [0.25, 0.3) is 0 Å². The van der Waals surface area contributed by atoms with Crippen LogP contribution in [0.4, 0.5) is 5.82 Å². The van der Waals surface area contributed by atoms with Gasteiger partial charge in [0.15, 0.2) is 0 Å². The molecule has 8 heteroatoms. The van der Waals surface area contributed by atoms with Gasteiger partial charge in [0, 0.05) is 7.05 Å². The van der Waals surface area contributed by atoms with Crippen LogP contribution in [-0.4, -0.2) is 41.5 Å². The van der Waals surface area contributed by atoms with Gasteiger partial charge in [-0.15, -0.1) is 11.3 Å². The SMILES string of the molecule is CCOC(=O)c1sc2ncnc(NC(C(=O)NC)C(C)C)c2c1C. The molecule has 0 radical (unpaired) electrons. The standard InChI is InChI=1S/C16H22N4O3S/c1-6-23-16(22)12-9(4)10-13(18-7-19-15(10)24-12)20-11(8(2)3)14(21)17-5/h7-8,11H,6H2,1-5H3,(H,17,21)(H,18,19,20). The Balaban J connectivity index is 2.48. The first-order chi connectivity index (χ1) is 11.4. The molecule has 0 spiro atoms. The van der Waals surface area contributed by atoms with Crippen LogP contribution in [0.25, 0.3) is 10.2 Å². The number of carbonyl (C=O) groups is 2. The summed E-state index contributed by atoms with van der Waals surface area (Å²) in [5.41, 5.74) is 0.760. The number of esters is 1. The van der Waals surface area contributed by atoms with E-state index in [1.807, 2.05) is 20.8 Å². The molecule has 0 fully saturated rings. The van der Waals surface area contributed by atoms with Gasteiger partial charge in [-0.2, -0.15) is 0 Å². The van der Waals surface area contributed by atoms with Gasteiger partial charge in [0.05, 0.1) is 12.0 Å². The first-order valence-corrected chi connectivity index (χ1v) is 8.61. The number of likely N-dealkylation sites (N-methyl/N-ethyl adjacent to an activating group) is 1. The van der Waals surface area contributed by atoms with Crippen molar-refractivity contribution in [1.82, 2.24) is 15.3 Å². The van der Waals surface area contributed by atoms with Crippen LogP contribution >= 0.6 is 11.3 Å². The summed E-state index contributed by atoms with van der Waals surface area (Å²) in [5.74, 6) is 0.135. The highest BCUT2D eigenvalue weighted by molar-refractivity contribution is 7.20. The third kappa shape index (κ3) is 3.48. The molecule has 7 nitrogen and oxygen atoms in total. The lowest BCUT2D eigenvalue weighted by Gasteiger charge is -2.21. The highest BCUT2D eigenvalue weighted by Crippen LogP contribution is 2.34. The van der Waals surface area contributed by atoms with Crippen LogP contribution in [0.15, 0.2) is 6.33 Å². The molecular formula is C16H22N4O3S. The van der Waals surface area contributed by atoms with Crippen LogP contribution in [0.5, 0.6) is 0 Å². The van der Waals surface area contributed by atoms with Gasteiger partial charge in [-0.3, -0.25) is 4.79 Å². The molecule has 2 rings (SSSR count). The maximum absolute atomic E-state index is 12.1. The molecule has 1 atom stereocenters. The summed E-state index contributed by atoms with van der Waals surface area (Å²) < 4.78 is 5.09. The molecule has 1 amide bonds. The highest BCUT2D eigenvalue weighted by Gasteiger charge is 2.25. The first kappa shape index (κ1) is 18.1. The lowest BCUT2D eigenvalue weighted by molar-refractivity contribution is -0.122. The molecule has 0 aliphatic rings. The normalized spacial score (nSPS) is 12.2. The van der Waals surface area contributed by atoms with Gasteiger partial charge in [-0.25, -0.2) is 14.8 Å². The van der Waals surface area contributed by atoms with Crippen molar-refractivity contribution in [3.05, 3.63) is 16.8 Å². The summed E-state index contributed by atoms with van der Waals surface area (Å²) in [5, 5.41) is 6.59. The number of nitrogens with zero attached hydrogens (tertiary/aromatic N) is 2. The third-order valence-electron chi connectivity index (χ3n) is 3.68. The van der Waals surface area contributed by atoms with Crippen molar-refractivity contribution < 1.29 is 14.3 Å². The average molecular weight is 350 g/mol. The van der Waals surface area contributed by atoms with Crippen molar-refractivity contribution in [2.24, 2.45) is 5.92 Å². The number of thiophene rings is 1. The Bertz CT molecular complexity index is 757. The molecule has 2 heterocycles. The maximum Gasteiger partial charge on any atom is 0.348 e. The maximum atomic E-state index is 12.1. The second-order valence-electron chi connectivity index (χ2n) is 5.66. The van der Waals surface area contributed by atoms with Crippen LogP contribution in [0.1, 0.15) is 36.0 Å².